The number of aromatic nitrogens is 1. The van der Waals surface area contributed by atoms with Crippen LogP contribution in [0.2, 0.25) is 5.02 Å². The molecule has 0 saturated heterocycles. The molecule has 3 N–H and O–H groups in total. The van der Waals surface area contributed by atoms with E-state index in [1.165, 1.54) is 23.9 Å². The second-order valence-electron chi connectivity index (χ2n) is 7.40. The van der Waals surface area contributed by atoms with Gasteiger partial charge < -0.3 is 25.0 Å². The maximum atomic E-state index is 13.0. The van der Waals surface area contributed by atoms with E-state index in [0.29, 0.717) is 22.8 Å². The average Bonchev–Trinajstić information content (AvgIpc) is 2.77. The van der Waals surface area contributed by atoms with E-state index in [1.54, 1.807) is 18.2 Å². The van der Waals surface area contributed by atoms with Gasteiger partial charge in [-0.15, -0.1) is 0 Å². The quantitative estimate of drug-likeness (QED) is 0.475. The molecule has 3 aromatic rings. The van der Waals surface area contributed by atoms with Crippen LogP contribution in [-0.2, 0) is 6.54 Å². The van der Waals surface area contributed by atoms with Gasteiger partial charge in [-0.05, 0) is 37.1 Å². The number of anilines is 1. The first kappa shape index (κ1) is 23.2. The Morgan fingerprint density at radius 3 is 2.66 bits per heavy atom. The molecule has 0 aliphatic rings. The van der Waals surface area contributed by atoms with Gasteiger partial charge in [0, 0.05) is 16.8 Å². The van der Waals surface area contributed by atoms with E-state index in [4.69, 9.17) is 16.3 Å². The summed E-state index contributed by atoms with van der Waals surface area (Å²) in [7, 11) is 1.52. The van der Waals surface area contributed by atoms with Gasteiger partial charge in [-0.2, -0.15) is 0 Å². The summed E-state index contributed by atoms with van der Waals surface area (Å²) in [5, 5.41) is 16.0. The lowest BCUT2D eigenvalue weighted by Crippen LogP contribution is -2.35. The summed E-state index contributed by atoms with van der Waals surface area (Å²) in [6.45, 7) is 4.05. The fraction of sp³-hybridized carbons (Fsp3) is 0.250. The van der Waals surface area contributed by atoms with Gasteiger partial charge in [0.25, 0.3) is 5.56 Å². The molecule has 8 heteroatoms. The Balaban J connectivity index is 1.83. The second-order valence-corrected chi connectivity index (χ2v) is 7.81. The maximum Gasteiger partial charge on any atom is 0.319 e. The van der Waals surface area contributed by atoms with E-state index in [0.717, 1.165) is 11.1 Å². The summed E-state index contributed by atoms with van der Waals surface area (Å²) in [5.74, 6) is 0.213. The molecule has 3 rings (SSSR count). The number of benzene rings is 2. The molecule has 0 aliphatic carbocycles. The smallest absolute Gasteiger partial charge is 0.319 e. The van der Waals surface area contributed by atoms with Gasteiger partial charge in [0.05, 0.1) is 19.7 Å². The zero-order chi connectivity index (χ0) is 23.3. The number of nitrogens with one attached hydrogen (secondary N) is 2. The average molecular weight is 456 g/mol. The van der Waals surface area contributed by atoms with Gasteiger partial charge in [-0.25, -0.2) is 4.79 Å². The van der Waals surface area contributed by atoms with Gasteiger partial charge in [0.15, 0.2) is 5.69 Å². The molecule has 1 atom stereocenters. The van der Waals surface area contributed by atoms with Gasteiger partial charge in [0.2, 0.25) is 0 Å². The van der Waals surface area contributed by atoms with Crippen LogP contribution in [-0.4, -0.2) is 22.8 Å². The highest BCUT2D eigenvalue weighted by Gasteiger charge is 2.18. The van der Waals surface area contributed by atoms with E-state index in [1.807, 2.05) is 38.1 Å². The van der Waals surface area contributed by atoms with Crippen molar-refractivity contribution in [3.05, 3.63) is 86.8 Å². The SMILES string of the molecule is CC[C@H](NC(=O)Nc1c(O)ccn(Cc2c(Cl)cccc2OC)c1=O)c1cccc(C)c1. The van der Waals surface area contributed by atoms with Crippen molar-refractivity contribution in [1.29, 1.82) is 0 Å². The number of halogens is 1. The first-order valence-corrected chi connectivity index (χ1v) is 10.6. The van der Waals surface area contributed by atoms with Crippen LogP contribution in [0.1, 0.15) is 36.1 Å². The summed E-state index contributed by atoms with van der Waals surface area (Å²) >= 11 is 6.28. The van der Waals surface area contributed by atoms with Crippen molar-refractivity contribution in [3.63, 3.8) is 0 Å². The minimum Gasteiger partial charge on any atom is -0.505 e. The molecule has 168 valence electrons. The molecule has 0 saturated carbocycles. The molecular formula is C24H26ClN3O4. The minimum absolute atomic E-state index is 0.110. The van der Waals surface area contributed by atoms with E-state index >= 15 is 0 Å². The van der Waals surface area contributed by atoms with Crippen LogP contribution in [0.4, 0.5) is 10.5 Å². The highest BCUT2D eigenvalue weighted by molar-refractivity contribution is 6.31. The van der Waals surface area contributed by atoms with Gasteiger partial charge in [-0.1, -0.05) is 54.4 Å². The van der Waals surface area contributed by atoms with Crippen LogP contribution in [0, 0.1) is 6.92 Å². The van der Waals surface area contributed by atoms with Crippen molar-refractivity contribution in [2.24, 2.45) is 0 Å². The standard InChI is InChI=1S/C24H26ClN3O4/c1-4-19(16-8-5-7-15(2)13-16)26-24(31)27-22-20(29)11-12-28(23(22)30)14-17-18(25)9-6-10-21(17)32-3/h5-13,19,29H,4,14H2,1-3H3,(H2,26,27,31)/t19-/m0/s1. The minimum atomic E-state index is -0.584. The number of nitrogens with zero attached hydrogens (tertiary/aromatic N) is 1. The predicted molar refractivity (Wildman–Crippen MR) is 126 cm³/mol. The zero-order valence-corrected chi connectivity index (χ0v) is 18.9. The molecule has 0 fully saturated rings. The predicted octanol–water partition coefficient (Wildman–Crippen LogP) is 4.85. The highest BCUT2D eigenvalue weighted by Crippen LogP contribution is 2.27. The van der Waals surface area contributed by atoms with E-state index in [9.17, 15) is 14.7 Å². The molecule has 0 bridgehead atoms. The zero-order valence-electron chi connectivity index (χ0n) is 18.2. The number of methoxy groups -OCH3 is 1. The topological polar surface area (TPSA) is 92.6 Å². The van der Waals surface area contributed by atoms with Crippen molar-refractivity contribution in [2.45, 2.75) is 32.9 Å². The van der Waals surface area contributed by atoms with Crippen LogP contribution < -0.4 is 20.9 Å². The molecule has 1 aromatic heterocycles. The number of aryl methyl sites for hydroxylation is 1. The second kappa shape index (κ2) is 10.2. The Bertz CT molecular complexity index is 1180. The largest absolute Gasteiger partial charge is 0.505 e. The van der Waals surface area contributed by atoms with Crippen LogP contribution in [0.25, 0.3) is 0 Å². The summed E-state index contributed by atoms with van der Waals surface area (Å²) < 4.78 is 6.68. The van der Waals surface area contributed by atoms with Crippen molar-refractivity contribution in [2.75, 3.05) is 12.4 Å². The monoisotopic (exact) mass is 455 g/mol. The van der Waals surface area contributed by atoms with Crippen LogP contribution in [0.15, 0.2) is 59.5 Å². The molecular weight excluding hydrogens is 430 g/mol. The highest BCUT2D eigenvalue weighted by atomic mass is 35.5. The number of pyridine rings is 1. The van der Waals surface area contributed by atoms with Crippen LogP contribution in [0.3, 0.4) is 0 Å². The lowest BCUT2D eigenvalue weighted by molar-refractivity contribution is 0.248. The Kier molecular flexibility index (Phi) is 7.43. The third kappa shape index (κ3) is 5.23. The van der Waals surface area contributed by atoms with Crippen LogP contribution >= 0.6 is 11.6 Å². The van der Waals surface area contributed by atoms with E-state index < -0.39 is 11.6 Å². The van der Waals surface area contributed by atoms with Crippen molar-refractivity contribution in [3.8, 4) is 11.5 Å². The molecule has 0 unspecified atom stereocenters. The number of hydrogen-bond acceptors (Lipinski definition) is 4. The number of ether oxygens (including phenoxy) is 1. The fourth-order valence-electron chi connectivity index (χ4n) is 3.48. The molecule has 0 aliphatic heterocycles. The number of rotatable bonds is 7. The van der Waals surface area contributed by atoms with Gasteiger partial charge >= 0.3 is 6.03 Å². The third-order valence-electron chi connectivity index (χ3n) is 5.16. The number of hydrogen-bond donors (Lipinski definition) is 3. The number of carbonyl (C=O) groups excluding carboxylic acids is 1. The third-order valence-corrected chi connectivity index (χ3v) is 5.52. The fourth-order valence-corrected chi connectivity index (χ4v) is 3.70. The van der Waals surface area contributed by atoms with Crippen molar-refractivity contribution >= 4 is 23.3 Å². The Hall–Kier alpha value is -3.45. The van der Waals surface area contributed by atoms with Gasteiger partial charge in [0.1, 0.15) is 11.5 Å². The number of amides is 2. The molecule has 0 radical (unpaired) electrons. The first-order valence-electron chi connectivity index (χ1n) is 10.2. The molecule has 2 amide bonds. The van der Waals surface area contributed by atoms with Crippen LogP contribution in [0.5, 0.6) is 11.5 Å². The Morgan fingerprint density at radius 2 is 1.97 bits per heavy atom. The molecule has 2 aromatic carbocycles. The van der Waals surface area contributed by atoms with Gasteiger partial charge in [-0.3, -0.25) is 4.79 Å². The van der Waals surface area contributed by atoms with E-state index in [2.05, 4.69) is 10.6 Å². The maximum absolute atomic E-state index is 13.0. The number of carbonyl (C=O) groups is 1. The normalized spacial score (nSPS) is 11.6. The molecule has 1 heterocycles. The summed E-state index contributed by atoms with van der Waals surface area (Å²) in [5.41, 5.74) is 1.89. The molecule has 32 heavy (non-hydrogen) atoms. The Morgan fingerprint density at radius 1 is 1.22 bits per heavy atom. The van der Waals surface area contributed by atoms with Crippen molar-refractivity contribution in [1.82, 2.24) is 9.88 Å². The first-order chi connectivity index (χ1) is 15.3. The lowest BCUT2D eigenvalue weighted by Gasteiger charge is -2.19. The number of urea groups is 1. The molecule has 0 spiro atoms. The summed E-state index contributed by atoms with van der Waals surface area (Å²) in [4.78, 5) is 25.6. The van der Waals surface area contributed by atoms with Crippen molar-refractivity contribution < 1.29 is 14.6 Å². The number of aromatic hydroxyl groups is 1. The molecule has 7 nitrogen and oxygen atoms in total. The summed E-state index contributed by atoms with van der Waals surface area (Å²) in [6, 6.07) is 13.6. The summed E-state index contributed by atoms with van der Waals surface area (Å²) in [6.07, 6.45) is 2.10. The lowest BCUT2D eigenvalue weighted by atomic mass is 10.0. The Labute approximate surface area is 191 Å². The van der Waals surface area contributed by atoms with E-state index in [-0.39, 0.29) is 24.0 Å².